The monoisotopic (exact) mass is 412 g/mol. The first kappa shape index (κ1) is 18.9. The first-order valence-corrected chi connectivity index (χ1v) is 9.14. The Morgan fingerprint density at radius 1 is 1.17 bits per heavy atom. The van der Waals surface area contributed by atoms with E-state index in [1.807, 2.05) is 6.07 Å². The van der Waals surface area contributed by atoms with Crippen LogP contribution in [0.5, 0.6) is 11.5 Å². The van der Waals surface area contributed by atoms with Gasteiger partial charge in [-0.3, -0.25) is 19.5 Å². The lowest BCUT2D eigenvalue weighted by molar-refractivity contribution is 0.0995. The summed E-state index contributed by atoms with van der Waals surface area (Å²) in [7, 11) is 3.07. The number of carbonyl (C=O) groups excluding carboxylic acids is 1. The van der Waals surface area contributed by atoms with Gasteiger partial charge in [0.15, 0.2) is 11.6 Å². The maximum Gasteiger partial charge on any atom is 0.266 e. The fourth-order valence-corrected chi connectivity index (χ4v) is 3.30. The molecule has 0 spiro atoms. The third-order valence-electron chi connectivity index (χ3n) is 4.59. The predicted octanol–water partition coefficient (Wildman–Crippen LogP) is 2.58. The highest BCUT2D eigenvalue weighted by Gasteiger charge is 2.30. The van der Waals surface area contributed by atoms with Gasteiger partial charge in [-0.1, -0.05) is 11.6 Å². The molecule has 3 heterocycles. The molecule has 3 aromatic rings. The molecule has 4 rings (SSSR count). The lowest BCUT2D eigenvalue weighted by Gasteiger charge is -2.14. The molecule has 0 bridgehead atoms. The molecule has 0 saturated carbocycles. The third kappa shape index (κ3) is 3.66. The molecule has 0 aliphatic carbocycles. The SMILES string of the molecule is COc1cnc(COc2ccc3c(c2)CN(c2ccc(=O)n(C)n2)C3=O)cc1Cl. The molecular weight excluding hydrogens is 396 g/mol. The molecule has 1 aliphatic rings. The summed E-state index contributed by atoms with van der Waals surface area (Å²) in [5.74, 6) is 1.37. The van der Waals surface area contributed by atoms with Crippen molar-refractivity contribution in [2.24, 2.45) is 7.05 Å². The van der Waals surface area contributed by atoms with Crippen LogP contribution in [0, 0.1) is 0 Å². The summed E-state index contributed by atoms with van der Waals surface area (Å²) in [6.45, 7) is 0.575. The Balaban J connectivity index is 1.50. The number of nitrogens with zero attached hydrogens (tertiary/aromatic N) is 4. The van der Waals surface area contributed by atoms with Gasteiger partial charge in [-0.15, -0.1) is 0 Å². The molecule has 0 atom stereocenters. The highest BCUT2D eigenvalue weighted by Crippen LogP contribution is 2.30. The molecule has 0 unspecified atom stereocenters. The quantitative estimate of drug-likeness (QED) is 0.640. The maximum atomic E-state index is 12.7. The van der Waals surface area contributed by atoms with E-state index in [1.165, 1.54) is 22.8 Å². The van der Waals surface area contributed by atoms with E-state index in [9.17, 15) is 9.59 Å². The summed E-state index contributed by atoms with van der Waals surface area (Å²) in [6, 6.07) is 9.90. The molecule has 0 saturated heterocycles. The van der Waals surface area contributed by atoms with Gasteiger partial charge in [0.2, 0.25) is 0 Å². The van der Waals surface area contributed by atoms with Crippen molar-refractivity contribution in [2.75, 3.05) is 12.0 Å². The van der Waals surface area contributed by atoms with E-state index in [4.69, 9.17) is 21.1 Å². The predicted molar refractivity (Wildman–Crippen MR) is 107 cm³/mol. The van der Waals surface area contributed by atoms with Gasteiger partial charge in [0.1, 0.15) is 12.4 Å². The van der Waals surface area contributed by atoms with Crippen LogP contribution in [0.1, 0.15) is 21.6 Å². The summed E-state index contributed by atoms with van der Waals surface area (Å²) >= 11 is 6.11. The van der Waals surface area contributed by atoms with Crippen LogP contribution >= 0.6 is 11.6 Å². The van der Waals surface area contributed by atoms with Crippen LogP contribution in [-0.4, -0.2) is 27.8 Å². The number of hydrogen-bond donors (Lipinski definition) is 0. The lowest BCUT2D eigenvalue weighted by atomic mass is 10.1. The molecule has 0 fully saturated rings. The second-order valence-electron chi connectivity index (χ2n) is 6.46. The normalized spacial score (nSPS) is 12.8. The minimum Gasteiger partial charge on any atom is -0.494 e. The largest absolute Gasteiger partial charge is 0.494 e. The number of fused-ring (bicyclic) bond motifs is 1. The van der Waals surface area contributed by atoms with E-state index in [-0.39, 0.29) is 18.1 Å². The van der Waals surface area contributed by atoms with Crippen molar-refractivity contribution in [1.82, 2.24) is 14.8 Å². The molecule has 29 heavy (non-hydrogen) atoms. The number of amides is 1. The lowest BCUT2D eigenvalue weighted by Crippen LogP contribution is -2.28. The number of ether oxygens (including phenoxy) is 2. The van der Waals surface area contributed by atoms with Gasteiger partial charge in [-0.05, 0) is 35.9 Å². The fraction of sp³-hybridized carbons (Fsp3) is 0.200. The molecule has 1 amide bonds. The maximum absolute atomic E-state index is 12.7. The number of aromatic nitrogens is 3. The Labute approximate surface area is 171 Å². The number of hydrogen-bond acceptors (Lipinski definition) is 6. The Bertz CT molecular complexity index is 1160. The summed E-state index contributed by atoms with van der Waals surface area (Å²) < 4.78 is 12.1. The second-order valence-corrected chi connectivity index (χ2v) is 6.87. The number of anilines is 1. The van der Waals surface area contributed by atoms with Gasteiger partial charge >= 0.3 is 0 Å². The van der Waals surface area contributed by atoms with Crippen LogP contribution in [-0.2, 0) is 20.2 Å². The van der Waals surface area contributed by atoms with Crippen LogP contribution in [0.15, 0.2) is 47.4 Å². The minimum absolute atomic E-state index is 0.165. The van der Waals surface area contributed by atoms with Crippen molar-refractivity contribution in [3.05, 3.63) is 74.8 Å². The fourth-order valence-electron chi connectivity index (χ4n) is 3.05. The molecule has 0 radical (unpaired) electrons. The number of halogens is 1. The summed E-state index contributed by atoms with van der Waals surface area (Å²) in [5.41, 5.74) is 1.83. The van der Waals surface area contributed by atoms with E-state index < -0.39 is 0 Å². The molecule has 2 aromatic heterocycles. The van der Waals surface area contributed by atoms with Crippen LogP contribution < -0.4 is 19.9 Å². The van der Waals surface area contributed by atoms with Crippen LogP contribution in [0.4, 0.5) is 5.82 Å². The summed E-state index contributed by atoms with van der Waals surface area (Å²) in [4.78, 5) is 30.0. The standard InChI is InChI=1S/C20H17ClN4O4/c1-24-19(26)6-5-18(23-24)25-10-12-7-14(3-4-15(12)20(25)27)29-11-13-8-16(21)17(28-2)9-22-13/h3-9H,10-11H2,1-2H3. The number of methoxy groups -OCH3 is 1. The molecule has 148 valence electrons. The average Bonchev–Trinajstić information content (AvgIpc) is 3.04. The highest BCUT2D eigenvalue weighted by molar-refractivity contribution is 6.32. The van der Waals surface area contributed by atoms with Gasteiger partial charge in [-0.2, -0.15) is 5.10 Å². The molecule has 1 aliphatic heterocycles. The van der Waals surface area contributed by atoms with Crippen molar-refractivity contribution in [3.8, 4) is 11.5 Å². The van der Waals surface area contributed by atoms with E-state index >= 15 is 0 Å². The number of carbonyl (C=O) groups is 1. The third-order valence-corrected chi connectivity index (χ3v) is 4.88. The van der Waals surface area contributed by atoms with Crippen LogP contribution in [0.25, 0.3) is 0 Å². The van der Waals surface area contributed by atoms with Crippen molar-refractivity contribution >= 4 is 23.3 Å². The number of pyridine rings is 1. The van der Waals surface area contributed by atoms with Gasteiger partial charge < -0.3 is 9.47 Å². The van der Waals surface area contributed by atoms with Crippen molar-refractivity contribution in [3.63, 3.8) is 0 Å². The summed E-state index contributed by atoms with van der Waals surface area (Å²) in [5, 5.41) is 4.62. The zero-order valence-corrected chi connectivity index (χ0v) is 16.5. The van der Waals surface area contributed by atoms with E-state index in [1.54, 1.807) is 37.5 Å². The van der Waals surface area contributed by atoms with E-state index in [2.05, 4.69) is 10.1 Å². The Morgan fingerprint density at radius 2 is 2.00 bits per heavy atom. The second kappa shape index (κ2) is 7.56. The van der Waals surface area contributed by atoms with Crippen molar-refractivity contribution in [2.45, 2.75) is 13.2 Å². The number of aryl methyl sites for hydroxylation is 1. The van der Waals surface area contributed by atoms with Gasteiger partial charge in [0.05, 0.1) is 30.6 Å². The number of rotatable bonds is 5. The molecular formula is C20H17ClN4O4. The van der Waals surface area contributed by atoms with E-state index in [0.717, 1.165) is 5.56 Å². The molecule has 9 heteroatoms. The van der Waals surface area contributed by atoms with Crippen LogP contribution in [0.2, 0.25) is 5.02 Å². The zero-order valence-electron chi connectivity index (χ0n) is 15.8. The van der Waals surface area contributed by atoms with Gasteiger partial charge in [0.25, 0.3) is 11.5 Å². The average molecular weight is 413 g/mol. The molecule has 0 N–H and O–H groups in total. The van der Waals surface area contributed by atoms with Crippen molar-refractivity contribution < 1.29 is 14.3 Å². The van der Waals surface area contributed by atoms with Crippen LogP contribution in [0.3, 0.4) is 0 Å². The topological polar surface area (TPSA) is 86.6 Å². The van der Waals surface area contributed by atoms with Gasteiger partial charge in [-0.25, -0.2) is 4.68 Å². The Hall–Kier alpha value is -3.39. The van der Waals surface area contributed by atoms with Gasteiger partial charge in [0, 0.05) is 18.7 Å². The minimum atomic E-state index is -0.235. The summed E-state index contributed by atoms with van der Waals surface area (Å²) in [6.07, 6.45) is 1.54. The highest BCUT2D eigenvalue weighted by atomic mass is 35.5. The Morgan fingerprint density at radius 3 is 2.72 bits per heavy atom. The number of benzene rings is 1. The first-order chi connectivity index (χ1) is 14.0. The zero-order chi connectivity index (χ0) is 20.5. The first-order valence-electron chi connectivity index (χ1n) is 8.76. The van der Waals surface area contributed by atoms with E-state index in [0.29, 0.717) is 40.1 Å². The smallest absolute Gasteiger partial charge is 0.266 e. The molecule has 1 aromatic carbocycles. The Kier molecular flexibility index (Phi) is 4.94. The van der Waals surface area contributed by atoms with Crippen molar-refractivity contribution in [1.29, 1.82) is 0 Å². The molecule has 8 nitrogen and oxygen atoms in total.